The normalized spacial score (nSPS) is 18.5. The van der Waals surface area contributed by atoms with Gasteiger partial charge in [0.1, 0.15) is 0 Å². The first kappa shape index (κ1) is 10.9. The summed E-state index contributed by atoms with van der Waals surface area (Å²) in [6.07, 6.45) is 1.65. The van der Waals surface area contributed by atoms with Crippen LogP contribution in [0.25, 0.3) is 10.4 Å². The van der Waals surface area contributed by atoms with E-state index in [1.54, 1.807) is 37.3 Å². The lowest BCUT2D eigenvalue weighted by Gasteiger charge is -2.00. The lowest BCUT2D eigenvalue weighted by Crippen LogP contribution is -1.94. The maximum absolute atomic E-state index is 12.1. The molecule has 0 heterocycles. The van der Waals surface area contributed by atoms with Gasteiger partial charge in [0.2, 0.25) is 0 Å². The first-order chi connectivity index (χ1) is 8.24. The van der Waals surface area contributed by atoms with Crippen LogP contribution in [0.3, 0.4) is 0 Å². The third-order valence-corrected chi connectivity index (χ3v) is 2.70. The molecular weight excluding hydrogens is 212 g/mol. The fourth-order valence-corrected chi connectivity index (χ4v) is 1.97. The Kier molecular flexibility index (Phi) is 2.60. The van der Waals surface area contributed by atoms with Gasteiger partial charge in [0.05, 0.1) is 12.6 Å². The molecule has 80 valence electrons. The fraction of sp³-hybridized carbons (Fsp3) is 0.0714. The van der Waals surface area contributed by atoms with Crippen LogP contribution in [0.5, 0.6) is 0 Å². The number of carbonyl (C=O) groups is 1. The molecule has 3 nitrogen and oxygen atoms in total. The minimum atomic E-state index is -0.116. The number of ketones is 1. The zero-order valence-electron chi connectivity index (χ0n) is 9.19. The summed E-state index contributed by atoms with van der Waals surface area (Å²) in [5.41, 5.74) is 2.12. The van der Waals surface area contributed by atoms with Crippen molar-refractivity contribution in [3.63, 3.8) is 0 Å². The van der Waals surface area contributed by atoms with Crippen LogP contribution < -0.4 is 0 Å². The lowest BCUT2D eigenvalue weighted by molar-refractivity contribution is 0.104. The van der Waals surface area contributed by atoms with Gasteiger partial charge in [-0.25, -0.2) is 10.1 Å². The topological polar surface area (TPSA) is 45.2 Å². The second-order valence-corrected chi connectivity index (χ2v) is 3.52. The van der Waals surface area contributed by atoms with E-state index in [-0.39, 0.29) is 11.5 Å². The molecule has 17 heavy (non-hydrogen) atoms. The highest BCUT2D eigenvalue weighted by Gasteiger charge is 2.30. The Morgan fingerprint density at radius 3 is 2.59 bits per heavy atom. The van der Waals surface area contributed by atoms with Gasteiger partial charge in [-0.3, -0.25) is 4.79 Å². The number of Topliss-reactive ketones (excluding diaryl/α,β-unsaturated/α-hetero) is 1. The number of carbonyl (C=O) groups excluding carboxylic acids is 1. The average Bonchev–Trinajstić information content (AvgIpc) is 2.65. The molecule has 0 amide bonds. The van der Waals surface area contributed by atoms with Crippen molar-refractivity contribution in [2.45, 2.75) is 6.92 Å². The smallest absolute Gasteiger partial charge is 0.270 e. The predicted molar refractivity (Wildman–Crippen MR) is 63.7 cm³/mol. The summed E-state index contributed by atoms with van der Waals surface area (Å²) in [7, 11) is 0. The van der Waals surface area contributed by atoms with E-state index < -0.39 is 0 Å². The number of nitriles is 1. The van der Waals surface area contributed by atoms with Gasteiger partial charge in [0, 0.05) is 16.7 Å². The fourth-order valence-electron chi connectivity index (χ4n) is 1.97. The van der Waals surface area contributed by atoms with E-state index in [1.165, 1.54) is 0 Å². The molecule has 1 aliphatic carbocycles. The molecule has 1 aromatic carbocycles. The third-order valence-electron chi connectivity index (χ3n) is 2.70. The van der Waals surface area contributed by atoms with E-state index in [0.29, 0.717) is 22.3 Å². The van der Waals surface area contributed by atoms with Gasteiger partial charge < -0.3 is 0 Å². The lowest BCUT2D eigenvalue weighted by atomic mass is 10.0. The van der Waals surface area contributed by atoms with Gasteiger partial charge in [-0.15, -0.1) is 0 Å². The molecule has 1 aromatic rings. The average molecular weight is 220 g/mol. The molecule has 0 radical (unpaired) electrons. The number of allylic oxidation sites excluding steroid dienone is 4. The zero-order valence-corrected chi connectivity index (χ0v) is 9.19. The molecule has 0 bridgehead atoms. The van der Waals surface area contributed by atoms with Crippen molar-refractivity contribution in [2.24, 2.45) is 0 Å². The second-order valence-electron chi connectivity index (χ2n) is 3.52. The van der Waals surface area contributed by atoms with E-state index >= 15 is 0 Å². The Bertz CT molecular complexity index is 636. The molecule has 0 saturated heterocycles. The number of hydrogen-bond donors (Lipinski definition) is 0. The van der Waals surface area contributed by atoms with E-state index in [0.717, 1.165) is 0 Å². The number of hydrogen-bond acceptors (Lipinski definition) is 2. The number of benzene rings is 1. The van der Waals surface area contributed by atoms with Crippen LogP contribution in [0, 0.1) is 17.9 Å². The molecule has 0 fully saturated rings. The SMILES string of the molecule is [C-]#[N+]/C(C#N)=C1\C(=C\C)C(=O)c2ccccc21. The summed E-state index contributed by atoms with van der Waals surface area (Å²) in [5.74, 6) is -0.116. The molecule has 0 saturated carbocycles. The minimum Gasteiger partial charge on any atom is -0.289 e. The Morgan fingerprint density at radius 2 is 2.06 bits per heavy atom. The van der Waals surface area contributed by atoms with Crippen LogP contribution in [0.4, 0.5) is 0 Å². The van der Waals surface area contributed by atoms with Crippen LogP contribution in [0.15, 0.2) is 41.6 Å². The van der Waals surface area contributed by atoms with Crippen molar-refractivity contribution in [3.8, 4) is 6.07 Å². The van der Waals surface area contributed by atoms with Crippen molar-refractivity contribution < 1.29 is 4.79 Å². The summed E-state index contributed by atoms with van der Waals surface area (Å²) >= 11 is 0. The summed E-state index contributed by atoms with van der Waals surface area (Å²) < 4.78 is 0. The van der Waals surface area contributed by atoms with Crippen LogP contribution >= 0.6 is 0 Å². The maximum Gasteiger partial charge on any atom is 0.270 e. The molecule has 0 aliphatic heterocycles. The monoisotopic (exact) mass is 220 g/mol. The summed E-state index contributed by atoms with van der Waals surface area (Å²) in [5, 5.41) is 8.95. The first-order valence-corrected chi connectivity index (χ1v) is 5.07. The number of fused-ring (bicyclic) bond motifs is 1. The van der Waals surface area contributed by atoms with Crippen LogP contribution in [0.2, 0.25) is 0 Å². The first-order valence-electron chi connectivity index (χ1n) is 5.07. The summed E-state index contributed by atoms with van der Waals surface area (Å²) in [6.45, 7) is 8.74. The zero-order chi connectivity index (χ0) is 12.4. The Hall–Kier alpha value is -2.65. The third kappa shape index (κ3) is 1.46. The van der Waals surface area contributed by atoms with Gasteiger partial charge in [0.25, 0.3) is 5.70 Å². The number of rotatable bonds is 0. The molecular formula is C14H8N2O. The maximum atomic E-state index is 12.1. The Labute approximate surface area is 99.1 Å². The highest BCUT2D eigenvalue weighted by molar-refractivity contribution is 6.27. The van der Waals surface area contributed by atoms with Gasteiger partial charge in [-0.05, 0) is 12.5 Å². The summed E-state index contributed by atoms with van der Waals surface area (Å²) in [6, 6.07) is 8.90. The second kappa shape index (κ2) is 4.08. The van der Waals surface area contributed by atoms with E-state index in [2.05, 4.69) is 4.85 Å². The summed E-state index contributed by atoms with van der Waals surface area (Å²) in [4.78, 5) is 15.3. The molecule has 1 aliphatic rings. The van der Waals surface area contributed by atoms with E-state index in [9.17, 15) is 4.79 Å². The van der Waals surface area contributed by atoms with E-state index in [1.807, 2.05) is 6.07 Å². The minimum absolute atomic E-state index is 0.0311. The van der Waals surface area contributed by atoms with Crippen LogP contribution in [-0.2, 0) is 0 Å². The van der Waals surface area contributed by atoms with Crippen LogP contribution in [-0.4, -0.2) is 5.78 Å². The molecule has 0 aromatic heterocycles. The molecule has 3 heteroatoms. The molecule has 0 spiro atoms. The molecule has 0 unspecified atom stereocenters. The van der Waals surface area contributed by atoms with Crippen molar-refractivity contribution in [2.75, 3.05) is 0 Å². The van der Waals surface area contributed by atoms with Gasteiger partial charge >= 0.3 is 0 Å². The quantitative estimate of drug-likeness (QED) is 0.383. The van der Waals surface area contributed by atoms with Gasteiger partial charge in [0.15, 0.2) is 5.78 Å². The number of nitrogens with zero attached hydrogens (tertiary/aromatic N) is 2. The van der Waals surface area contributed by atoms with Gasteiger partial charge in [-0.1, -0.05) is 30.3 Å². The largest absolute Gasteiger partial charge is 0.289 e. The highest BCUT2D eigenvalue weighted by atomic mass is 16.1. The van der Waals surface area contributed by atoms with E-state index in [4.69, 9.17) is 11.8 Å². The highest BCUT2D eigenvalue weighted by Crippen LogP contribution is 2.38. The standard InChI is InChI=1S/C14H8N2O/c1-3-9-13(12(8-15)16-2)10-6-4-5-7-11(10)14(9)17/h3-7H,1H3/b9-3-,13-12+. The van der Waals surface area contributed by atoms with Crippen LogP contribution in [0.1, 0.15) is 22.8 Å². The van der Waals surface area contributed by atoms with Crippen molar-refractivity contribution in [1.29, 1.82) is 5.26 Å². The van der Waals surface area contributed by atoms with Crippen molar-refractivity contribution >= 4 is 11.4 Å². The van der Waals surface area contributed by atoms with Crippen molar-refractivity contribution in [1.82, 2.24) is 0 Å². The molecule has 0 atom stereocenters. The van der Waals surface area contributed by atoms with Gasteiger partial charge in [-0.2, -0.15) is 0 Å². The molecule has 0 N–H and O–H groups in total. The Morgan fingerprint density at radius 1 is 1.41 bits per heavy atom. The predicted octanol–water partition coefficient (Wildman–Crippen LogP) is 2.98. The Balaban J connectivity index is 2.87. The molecule has 2 rings (SSSR count). The van der Waals surface area contributed by atoms with Crippen molar-refractivity contribution in [3.05, 3.63) is 64.2 Å².